The van der Waals surface area contributed by atoms with Gasteiger partial charge in [-0.3, -0.25) is 9.36 Å². The average Bonchev–Trinajstić information content (AvgIpc) is 2.37. The summed E-state index contributed by atoms with van der Waals surface area (Å²) in [5, 5.41) is 0. The van der Waals surface area contributed by atoms with Gasteiger partial charge in [0.25, 0.3) is 0 Å². The molecule has 0 rings (SSSR count). The number of hydrogen-bond donors (Lipinski definition) is 0. The van der Waals surface area contributed by atoms with Crippen LogP contribution in [0.2, 0.25) is 0 Å². The zero-order valence-corrected chi connectivity index (χ0v) is 12.5. The molecule has 108 valence electrons. The van der Waals surface area contributed by atoms with Crippen molar-refractivity contribution in [1.29, 1.82) is 0 Å². The van der Waals surface area contributed by atoms with Crippen molar-refractivity contribution < 1.29 is 23.1 Å². The number of hydrogen-bond acceptors (Lipinski definition) is 5. The maximum atomic E-state index is 12.0. The Kier molecular flexibility index (Phi) is 10.1. The zero-order chi connectivity index (χ0) is 14.6. The Balaban J connectivity index is 4.24. The van der Waals surface area contributed by atoms with E-state index in [0.717, 1.165) is 0 Å². The minimum atomic E-state index is -3.13. The van der Waals surface area contributed by atoms with Gasteiger partial charge in [0.15, 0.2) is 0 Å². The van der Waals surface area contributed by atoms with Crippen molar-refractivity contribution in [3.63, 3.8) is 0 Å². The van der Waals surface area contributed by atoms with Crippen molar-refractivity contribution in [1.82, 2.24) is 0 Å². The molecule has 0 aliphatic carbocycles. The van der Waals surface area contributed by atoms with Gasteiger partial charge in [-0.1, -0.05) is 30.4 Å². The zero-order valence-electron chi connectivity index (χ0n) is 11.6. The van der Waals surface area contributed by atoms with E-state index >= 15 is 0 Å². The molecule has 0 fully saturated rings. The highest BCUT2D eigenvalue weighted by Crippen LogP contribution is 2.49. The van der Waals surface area contributed by atoms with Crippen LogP contribution in [0.3, 0.4) is 0 Å². The van der Waals surface area contributed by atoms with Crippen molar-refractivity contribution >= 4 is 13.6 Å². The van der Waals surface area contributed by atoms with Gasteiger partial charge in [-0.15, -0.1) is 0 Å². The Morgan fingerprint density at radius 2 is 1.63 bits per heavy atom. The second-order valence-electron chi connectivity index (χ2n) is 3.31. The van der Waals surface area contributed by atoms with Crippen LogP contribution in [0.15, 0.2) is 36.2 Å². The second kappa shape index (κ2) is 10.7. The minimum Gasteiger partial charge on any atom is -0.469 e. The molecule has 0 amide bonds. The molecule has 5 nitrogen and oxygen atoms in total. The third-order valence-electron chi connectivity index (χ3n) is 1.87. The molecule has 0 aromatic rings. The number of carbonyl (C=O) groups excluding carboxylic acids is 1. The lowest BCUT2D eigenvalue weighted by Crippen LogP contribution is -1.96. The van der Waals surface area contributed by atoms with Gasteiger partial charge < -0.3 is 13.8 Å². The number of allylic oxidation sites excluding steroid dienone is 4. The lowest BCUT2D eigenvalue weighted by Gasteiger charge is -2.11. The fourth-order valence-corrected chi connectivity index (χ4v) is 2.37. The summed E-state index contributed by atoms with van der Waals surface area (Å²) in [5.41, 5.74) is 0. The molecule has 0 bridgehead atoms. The molecule has 0 atom stereocenters. The van der Waals surface area contributed by atoms with E-state index in [-0.39, 0.29) is 12.4 Å². The molecule has 0 N–H and O–H groups in total. The molecule has 0 heterocycles. The molecule has 0 aromatic heterocycles. The number of carbonyl (C=O) groups is 1. The van der Waals surface area contributed by atoms with E-state index in [4.69, 9.17) is 9.05 Å². The molecule has 0 spiro atoms. The van der Waals surface area contributed by atoms with Crippen molar-refractivity contribution in [2.75, 3.05) is 20.3 Å². The van der Waals surface area contributed by atoms with Crippen LogP contribution >= 0.6 is 7.60 Å². The summed E-state index contributed by atoms with van der Waals surface area (Å²) in [6.07, 6.45) is 8.57. The predicted octanol–water partition coefficient (Wildman–Crippen LogP) is 3.44. The Hall–Kier alpha value is -1.16. The monoisotopic (exact) mass is 288 g/mol. The van der Waals surface area contributed by atoms with Crippen molar-refractivity contribution in [3.8, 4) is 0 Å². The number of ether oxygens (including phenoxy) is 1. The highest BCUT2D eigenvalue weighted by Gasteiger charge is 2.17. The highest BCUT2D eigenvalue weighted by atomic mass is 31.2. The lowest BCUT2D eigenvalue weighted by atomic mass is 10.3. The topological polar surface area (TPSA) is 61.8 Å². The van der Waals surface area contributed by atoms with Crippen LogP contribution in [-0.4, -0.2) is 26.3 Å². The first kappa shape index (κ1) is 17.8. The van der Waals surface area contributed by atoms with E-state index in [1.165, 1.54) is 12.9 Å². The first-order valence-electron chi connectivity index (χ1n) is 6.04. The fourth-order valence-electron chi connectivity index (χ4n) is 1.09. The molecule has 6 heteroatoms. The third-order valence-corrected chi connectivity index (χ3v) is 3.64. The SMILES string of the molecule is CCOP(=O)(/C=C/C=C/C=C/CC(=O)OC)OCC. The summed E-state index contributed by atoms with van der Waals surface area (Å²) in [6.45, 7) is 4.16. The van der Waals surface area contributed by atoms with Gasteiger partial charge in [0.1, 0.15) is 0 Å². The summed E-state index contributed by atoms with van der Waals surface area (Å²) in [4.78, 5) is 10.8. The number of rotatable bonds is 9. The molecule has 0 saturated carbocycles. The fraction of sp³-hybridized carbons (Fsp3) is 0.462. The van der Waals surface area contributed by atoms with Crippen LogP contribution in [0.1, 0.15) is 20.3 Å². The van der Waals surface area contributed by atoms with Gasteiger partial charge in [0.05, 0.1) is 26.7 Å². The van der Waals surface area contributed by atoms with Crippen LogP contribution in [-0.2, 0) is 23.1 Å². The molecule has 19 heavy (non-hydrogen) atoms. The summed E-state index contributed by atoms with van der Waals surface area (Å²) < 4.78 is 26.6. The molecular formula is C13H21O5P. The minimum absolute atomic E-state index is 0.223. The smallest absolute Gasteiger partial charge is 0.354 e. The highest BCUT2D eigenvalue weighted by molar-refractivity contribution is 7.57. The van der Waals surface area contributed by atoms with E-state index in [1.54, 1.807) is 44.2 Å². The molecule has 0 unspecified atom stereocenters. The summed E-state index contributed by atoms with van der Waals surface area (Å²) in [6, 6.07) is 0. The molecule has 0 aromatic carbocycles. The summed E-state index contributed by atoms with van der Waals surface area (Å²) >= 11 is 0. The van der Waals surface area contributed by atoms with Crippen LogP contribution in [0.5, 0.6) is 0 Å². The maximum absolute atomic E-state index is 12.0. The Labute approximate surface area is 114 Å². The molecular weight excluding hydrogens is 267 g/mol. The van der Waals surface area contributed by atoms with E-state index in [2.05, 4.69) is 4.74 Å². The van der Waals surface area contributed by atoms with Crippen molar-refractivity contribution in [2.24, 2.45) is 0 Å². The second-order valence-corrected chi connectivity index (χ2v) is 5.20. The van der Waals surface area contributed by atoms with Crippen molar-refractivity contribution in [2.45, 2.75) is 20.3 Å². The average molecular weight is 288 g/mol. The molecule has 0 aliphatic rings. The standard InChI is InChI=1S/C13H21O5P/c1-4-17-19(15,18-5-2)12-10-8-6-7-9-11-13(14)16-3/h6-10,12H,4-5,11H2,1-3H3/b8-6+,9-7+,12-10+. The van der Waals surface area contributed by atoms with Gasteiger partial charge in [0.2, 0.25) is 0 Å². The van der Waals surface area contributed by atoms with E-state index in [9.17, 15) is 9.36 Å². The van der Waals surface area contributed by atoms with Crippen LogP contribution in [0.25, 0.3) is 0 Å². The van der Waals surface area contributed by atoms with Crippen LogP contribution in [0.4, 0.5) is 0 Å². The molecule has 0 radical (unpaired) electrons. The lowest BCUT2D eigenvalue weighted by molar-refractivity contribution is -0.139. The Morgan fingerprint density at radius 3 is 2.16 bits per heavy atom. The molecule has 0 aliphatic heterocycles. The Morgan fingerprint density at radius 1 is 1.05 bits per heavy atom. The van der Waals surface area contributed by atoms with Gasteiger partial charge in [-0.05, 0) is 13.8 Å². The number of methoxy groups -OCH3 is 1. The molecule has 0 saturated heterocycles. The van der Waals surface area contributed by atoms with Gasteiger partial charge >= 0.3 is 13.6 Å². The van der Waals surface area contributed by atoms with Gasteiger partial charge in [-0.2, -0.15) is 0 Å². The summed E-state index contributed by atoms with van der Waals surface area (Å²) in [5.74, 6) is 1.11. The van der Waals surface area contributed by atoms with Crippen LogP contribution in [0, 0.1) is 0 Å². The first-order valence-corrected chi connectivity index (χ1v) is 7.65. The number of esters is 1. The largest absolute Gasteiger partial charge is 0.469 e. The van der Waals surface area contributed by atoms with E-state index < -0.39 is 7.60 Å². The van der Waals surface area contributed by atoms with Crippen molar-refractivity contribution in [3.05, 3.63) is 36.2 Å². The maximum Gasteiger partial charge on any atom is 0.354 e. The van der Waals surface area contributed by atoms with E-state index in [1.807, 2.05) is 0 Å². The first-order chi connectivity index (χ1) is 9.08. The Bertz CT molecular complexity index is 374. The van der Waals surface area contributed by atoms with E-state index in [0.29, 0.717) is 13.2 Å². The summed E-state index contributed by atoms with van der Waals surface area (Å²) in [7, 11) is -1.78. The third kappa shape index (κ3) is 9.42. The normalized spacial score (nSPS) is 12.8. The van der Waals surface area contributed by atoms with Gasteiger partial charge in [0, 0.05) is 5.82 Å². The predicted molar refractivity (Wildman–Crippen MR) is 74.9 cm³/mol. The van der Waals surface area contributed by atoms with Gasteiger partial charge in [-0.25, -0.2) is 0 Å². The van der Waals surface area contributed by atoms with Crippen LogP contribution < -0.4 is 0 Å². The quantitative estimate of drug-likeness (QED) is 0.369.